The molecule has 1 aliphatic heterocycles. The number of halogens is 2. The molecule has 12 nitrogen and oxygen atoms in total. The maximum absolute atomic E-state index is 15.2. The number of anilines is 1. The highest BCUT2D eigenvalue weighted by molar-refractivity contribution is 9.09. The van der Waals surface area contributed by atoms with E-state index in [-0.39, 0.29) is 43.0 Å². The number of benzene rings is 3. The Morgan fingerprint density at radius 3 is 2.42 bits per heavy atom. The molecule has 3 heterocycles. The Bertz CT molecular complexity index is 2230. The zero-order valence-electron chi connectivity index (χ0n) is 35.4. The van der Waals surface area contributed by atoms with Crippen LogP contribution in [0.25, 0.3) is 33.4 Å². The Labute approximate surface area is 361 Å². The molecule has 3 aromatic carbocycles. The highest BCUT2D eigenvalue weighted by Gasteiger charge is 2.28. The molecule has 0 spiro atoms. The summed E-state index contributed by atoms with van der Waals surface area (Å²) in [7, 11) is -1.34. The van der Waals surface area contributed by atoms with E-state index >= 15 is 4.39 Å². The molecular weight excluding hydrogens is 848 g/mol. The number of fused-ring (bicyclic) bond motifs is 1. The maximum Gasteiger partial charge on any atom is 0.410 e. The van der Waals surface area contributed by atoms with Gasteiger partial charge < -0.3 is 34.0 Å². The van der Waals surface area contributed by atoms with Gasteiger partial charge in [-0.1, -0.05) is 78.0 Å². The van der Waals surface area contributed by atoms with Gasteiger partial charge in [-0.05, 0) is 74.7 Å². The fourth-order valence-electron chi connectivity index (χ4n) is 6.94. The van der Waals surface area contributed by atoms with Crippen LogP contribution in [0.2, 0.25) is 25.7 Å². The zero-order valence-corrected chi connectivity index (χ0v) is 38.0. The molecule has 0 radical (unpaired) electrons. The number of hydrogen-bond acceptors (Lipinski definition) is 9. The molecule has 0 unspecified atom stereocenters. The second-order valence-electron chi connectivity index (χ2n) is 17.2. The van der Waals surface area contributed by atoms with Crippen molar-refractivity contribution in [2.75, 3.05) is 49.6 Å². The van der Waals surface area contributed by atoms with Crippen molar-refractivity contribution in [2.24, 2.45) is 0 Å². The van der Waals surface area contributed by atoms with Crippen LogP contribution in [0.1, 0.15) is 38.3 Å². The number of nitrogens with zero attached hydrogens (tertiary/aromatic N) is 6. The number of aromatic hydroxyl groups is 1. The second-order valence-corrected chi connectivity index (χ2v) is 23.6. The first-order valence-electron chi connectivity index (χ1n) is 20.4. The number of carbonyl (C=O) groups is 2. The molecule has 0 aliphatic carbocycles. The predicted octanol–water partition coefficient (Wildman–Crippen LogP) is 9.90. The molecule has 0 atom stereocenters. The molecule has 5 aromatic rings. The van der Waals surface area contributed by atoms with Gasteiger partial charge in [0.2, 0.25) is 0 Å². The molecule has 1 fully saturated rings. The maximum atomic E-state index is 15.2. The Kier molecular flexibility index (Phi) is 14.5. The molecule has 1 saturated heterocycles. The van der Waals surface area contributed by atoms with Gasteiger partial charge in [0, 0.05) is 69.4 Å². The van der Waals surface area contributed by atoms with Crippen molar-refractivity contribution >= 4 is 52.8 Å². The quantitative estimate of drug-likeness (QED) is 0.0622. The Hall–Kier alpha value is -4.99. The number of ether oxygens (including phenoxy) is 3. The minimum absolute atomic E-state index is 0.00315. The van der Waals surface area contributed by atoms with E-state index in [9.17, 15) is 14.7 Å². The average Bonchev–Trinajstić information content (AvgIpc) is 3.57. The lowest BCUT2D eigenvalue weighted by Gasteiger charge is -2.37. The van der Waals surface area contributed by atoms with Crippen LogP contribution >= 0.6 is 15.9 Å². The minimum Gasteiger partial charge on any atom is -0.507 e. The summed E-state index contributed by atoms with van der Waals surface area (Å²) >= 11 is 3.53. The van der Waals surface area contributed by atoms with E-state index in [1.165, 1.54) is 18.2 Å². The molecule has 0 saturated carbocycles. The number of phenolic OH excluding ortho intramolecular Hbond substituents is 1. The third-order valence-corrected chi connectivity index (χ3v) is 12.4. The molecule has 15 heteroatoms. The third kappa shape index (κ3) is 11.6. The Morgan fingerprint density at radius 1 is 0.983 bits per heavy atom. The molecule has 0 bridgehead atoms. The first-order valence-corrected chi connectivity index (χ1v) is 25.2. The number of rotatable bonds is 15. The normalized spacial score (nSPS) is 13.5. The summed E-state index contributed by atoms with van der Waals surface area (Å²) in [5, 5.41) is 17.2. The van der Waals surface area contributed by atoms with Crippen LogP contribution in [0.3, 0.4) is 0 Å². The summed E-state index contributed by atoms with van der Waals surface area (Å²) in [6.45, 7) is 16.2. The standard InChI is InChI=1S/C45H56BrFN6O6Si/c1-45(2,3)59-44(56)52(19-11-18-46)29-34-26-33(16-17-38(34)50-20-22-51(23-21-50)43(55)58-30-32-12-8-7-9-13-32)42-35-27-37(41-36(47)14-10-15-40(41)54)48-28-39(35)53(49-42)31-57-24-25-60(4,5)6/h7-10,12-17,26-28,54H,11,18-25,29-31H2,1-6H3. The molecule has 2 aromatic heterocycles. The zero-order chi connectivity index (χ0) is 43.0. The van der Waals surface area contributed by atoms with Gasteiger partial charge in [0.25, 0.3) is 0 Å². The van der Waals surface area contributed by atoms with Crippen molar-refractivity contribution in [3.63, 3.8) is 0 Å². The van der Waals surface area contributed by atoms with Gasteiger partial charge in [0.05, 0.1) is 29.5 Å². The molecular formula is C45H56BrFN6O6Si. The predicted molar refractivity (Wildman–Crippen MR) is 240 cm³/mol. The van der Waals surface area contributed by atoms with Gasteiger partial charge in [0.15, 0.2) is 0 Å². The van der Waals surface area contributed by atoms with E-state index in [1.807, 2.05) is 69.3 Å². The topological polar surface area (TPSA) is 122 Å². The minimum atomic E-state index is -1.34. The summed E-state index contributed by atoms with van der Waals surface area (Å²) in [5.41, 5.74) is 4.35. The van der Waals surface area contributed by atoms with E-state index in [2.05, 4.69) is 45.5 Å². The molecule has 60 heavy (non-hydrogen) atoms. The summed E-state index contributed by atoms with van der Waals surface area (Å²) in [5.74, 6) is -0.806. The van der Waals surface area contributed by atoms with Crippen LogP contribution in [-0.2, 0) is 34.1 Å². The number of aromatic nitrogens is 3. The van der Waals surface area contributed by atoms with E-state index in [1.54, 1.807) is 26.7 Å². The van der Waals surface area contributed by atoms with Crippen LogP contribution in [0.5, 0.6) is 5.75 Å². The van der Waals surface area contributed by atoms with Crippen molar-refractivity contribution in [1.29, 1.82) is 0 Å². The van der Waals surface area contributed by atoms with Crippen molar-refractivity contribution in [2.45, 2.75) is 78.4 Å². The number of pyridine rings is 1. The molecule has 1 N–H and O–H groups in total. The number of carbonyl (C=O) groups excluding carboxylic acids is 2. The largest absolute Gasteiger partial charge is 0.507 e. The lowest BCUT2D eigenvalue weighted by molar-refractivity contribution is 0.0234. The molecule has 2 amide bonds. The van der Waals surface area contributed by atoms with Crippen LogP contribution in [0, 0.1) is 5.82 Å². The number of amides is 2. The fraction of sp³-hybridized carbons (Fsp3) is 0.422. The number of hydrogen-bond donors (Lipinski definition) is 1. The van der Waals surface area contributed by atoms with Gasteiger partial charge in [0.1, 0.15) is 36.2 Å². The third-order valence-electron chi connectivity index (χ3n) is 10.1. The van der Waals surface area contributed by atoms with Crippen molar-refractivity contribution in [3.8, 4) is 28.3 Å². The summed E-state index contributed by atoms with van der Waals surface area (Å²) < 4.78 is 34.6. The molecule has 6 rings (SSSR count). The SMILES string of the molecule is CC(C)(C)OC(=O)N(CCCBr)Cc1cc(-c2nn(COCC[Si](C)(C)C)c3cnc(-c4c(O)cccc4F)cc23)ccc1N1CCN(C(=O)OCc2ccccc2)CC1. The Morgan fingerprint density at radius 2 is 1.73 bits per heavy atom. The smallest absolute Gasteiger partial charge is 0.410 e. The van der Waals surface area contributed by atoms with E-state index in [0.717, 1.165) is 28.4 Å². The first-order chi connectivity index (χ1) is 28.6. The Balaban J connectivity index is 1.37. The van der Waals surface area contributed by atoms with Gasteiger partial charge in [-0.2, -0.15) is 5.10 Å². The van der Waals surface area contributed by atoms with Crippen LogP contribution in [-0.4, -0.2) is 100 Å². The lowest BCUT2D eigenvalue weighted by atomic mass is 10.0. The molecule has 1 aliphatic rings. The monoisotopic (exact) mass is 902 g/mol. The number of piperazine rings is 1. The van der Waals surface area contributed by atoms with Crippen molar-refractivity contribution < 1.29 is 33.3 Å². The van der Waals surface area contributed by atoms with E-state index in [4.69, 9.17) is 19.3 Å². The van der Waals surface area contributed by atoms with Gasteiger partial charge in [-0.15, -0.1) is 0 Å². The summed E-state index contributed by atoms with van der Waals surface area (Å²) in [4.78, 5) is 37.0. The highest BCUT2D eigenvalue weighted by Crippen LogP contribution is 2.37. The van der Waals surface area contributed by atoms with Gasteiger partial charge >= 0.3 is 12.2 Å². The van der Waals surface area contributed by atoms with Gasteiger partial charge in [-0.25, -0.2) is 18.7 Å². The average molecular weight is 904 g/mol. The van der Waals surface area contributed by atoms with Crippen molar-refractivity contribution in [3.05, 3.63) is 95.9 Å². The fourth-order valence-corrected chi connectivity index (χ4v) is 7.95. The lowest BCUT2D eigenvalue weighted by Crippen LogP contribution is -2.49. The van der Waals surface area contributed by atoms with Crippen LogP contribution in [0.4, 0.5) is 19.7 Å². The van der Waals surface area contributed by atoms with Gasteiger partial charge in [-0.3, -0.25) is 4.98 Å². The summed E-state index contributed by atoms with van der Waals surface area (Å²) in [6, 6.07) is 22.6. The van der Waals surface area contributed by atoms with Crippen LogP contribution in [0.15, 0.2) is 79.0 Å². The first kappa shape index (κ1) is 44.6. The molecule has 320 valence electrons. The van der Waals surface area contributed by atoms with E-state index in [0.29, 0.717) is 67.7 Å². The second kappa shape index (κ2) is 19.6. The summed E-state index contributed by atoms with van der Waals surface area (Å²) in [6.07, 6.45) is 1.57. The number of alkyl halides is 1. The highest BCUT2D eigenvalue weighted by atomic mass is 79.9. The van der Waals surface area contributed by atoms with Crippen molar-refractivity contribution in [1.82, 2.24) is 24.6 Å². The van der Waals surface area contributed by atoms with Crippen LogP contribution < -0.4 is 4.90 Å². The number of phenols is 1. The van der Waals surface area contributed by atoms with E-state index < -0.39 is 25.6 Å².